The molecule has 0 aliphatic rings. The maximum absolute atomic E-state index is 11.2. The van der Waals surface area contributed by atoms with Gasteiger partial charge in [-0.3, -0.25) is 0 Å². The van der Waals surface area contributed by atoms with Gasteiger partial charge in [-0.2, -0.15) is 0 Å². The van der Waals surface area contributed by atoms with E-state index in [1.807, 2.05) is 0 Å². The average molecular weight is 277 g/mol. The standard InChI is InChI=1S/C14H31NO2S/c1-6-7-10-15(12-13-18(5,16)17)11-8-9-14(2,3)4/h6-13H2,1-5H3. The molecule has 4 heteroatoms. The summed E-state index contributed by atoms with van der Waals surface area (Å²) in [6, 6.07) is 0. The topological polar surface area (TPSA) is 37.4 Å². The Morgan fingerprint density at radius 2 is 1.56 bits per heavy atom. The molecule has 0 amide bonds. The third-order valence-electron chi connectivity index (χ3n) is 3.01. The van der Waals surface area contributed by atoms with Crippen molar-refractivity contribution in [2.45, 2.75) is 53.4 Å². The molecule has 0 heterocycles. The first-order valence-corrected chi connectivity index (χ1v) is 9.10. The van der Waals surface area contributed by atoms with Gasteiger partial charge >= 0.3 is 0 Å². The van der Waals surface area contributed by atoms with E-state index in [1.165, 1.54) is 12.7 Å². The molecule has 3 nitrogen and oxygen atoms in total. The highest BCUT2D eigenvalue weighted by molar-refractivity contribution is 7.90. The van der Waals surface area contributed by atoms with E-state index in [-0.39, 0.29) is 5.75 Å². The molecular weight excluding hydrogens is 246 g/mol. The van der Waals surface area contributed by atoms with Crippen molar-refractivity contribution in [2.24, 2.45) is 5.41 Å². The normalized spacial score (nSPS) is 13.2. The lowest BCUT2D eigenvalue weighted by Crippen LogP contribution is -2.31. The zero-order valence-corrected chi connectivity index (χ0v) is 13.6. The van der Waals surface area contributed by atoms with Crippen molar-refractivity contribution in [3.63, 3.8) is 0 Å². The molecule has 0 bridgehead atoms. The van der Waals surface area contributed by atoms with Crippen molar-refractivity contribution in [3.05, 3.63) is 0 Å². The van der Waals surface area contributed by atoms with E-state index in [0.29, 0.717) is 12.0 Å². The van der Waals surface area contributed by atoms with Gasteiger partial charge in [-0.25, -0.2) is 8.42 Å². The maximum Gasteiger partial charge on any atom is 0.148 e. The van der Waals surface area contributed by atoms with E-state index in [2.05, 4.69) is 32.6 Å². The summed E-state index contributed by atoms with van der Waals surface area (Å²) < 4.78 is 22.4. The van der Waals surface area contributed by atoms with Crippen LogP contribution in [0.5, 0.6) is 0 Å². The van der Waals surface area contributed by atoms with E-state index >= 15 is 0 Å². The molecule has 0 spiro atoms. The SMILES string of the molecule is CCCCN(CCCC(C)(C)C)CCS(C)(=O)=O. The number of hydrogen-bond donors (Lipinski definition) is 0. The Balaban J connectivity index is 4.06. The van der Waals surface area contributed by atoms with Gasteiger partial charge in [-0.05, 0) is 37.8 Å². The highest BCUT2D eigenvalue weighted by atomic mass is 32.2. The van der Waals surface area contributed by atoms with E-state index < -0.39 is 9.84 Å². The largest absolute Gasteiger partial charge is 0.302 e. The van der Waals surface area contributed by atoms with E-state index in [0.717, 1.165) is 32.4 Å². The van der Waals surface area contributed by atoms with Gasteiger partial charge in [0.15, 0.2) is 0 Å². The summed E-state index contributed by atoms with van der Waals surface area (Å²) in [6.07, 6.45) is 5.97. The smallest absolute Gasteiger partial charge is 0.148 e. The molecule has 0 aromatic rings. The second-order valence-electron chi connectivity index (χ2n) is 6.49. The molecular formula is C14H31NO2S. The molecule has 0 saturated carbocycles. The average Bonchev–Trinajstić information content (AvgIpc) is 2.18. The van der Waals surface area contributed by atoms with Gasteiger partial charge in [0.2, 0.25) is 0 Å². The van der Waals surface area contributed by atoms with Crippen LogP contribution in [0, 0.1) is 5.41 Å². The molecule has 0 atom stereocenters. The second-order valence-corrected chi connectivity index (χ2v) is 8.75. The first-order chi connectivity index (χ1) is 8.14. The van der Waals surface area contributed by atoms with Gasteiger partial charge in [-0.1, -0.05) is 34.1 Å². The summed E-state index contributed by atoms with van der Waals surface area (Å²) in [5.74, 6) is 0.284. The summed E-state index contributed by atoms with van der Waals surface area (Å²) in [7, 11) is -2.84. The van der Waals surface area contributed by atoms with Crippen molar-refractivity contribution < 1.29 is 8.42 Å². The van der Waals surface area contributed by atoms with Crippen LogP contribution in [-0.2, 0) is 9.84 Å². The molecule has 0 aliphatic carbocycles. The highest BCUT2D eigenvalue weighted by Crippen LogP contribution is 2.20. The Bertz CT molecular complexity index is 304. The first-order valence-electron chi connectivity index (χ1n) is 7.04. The number of hydrogen-bond acceptors (Lipinski definition) is 3. The zero-order chi connectivity index (χ0) is 14.2. The van der Waals surface area contributed by atoms with Gasteiger partial charge in [0.25, 0.3) is 0 Å². The van der Waals surface area contributed by atoms with Crippen LogP contribution >= 0.6 is 0 Å². The Morgan fingerprint density at radius 3 is 2.00 bits per heavy atom. The fraction of sp³-hybridized carbons (Fsp3) is 1.00. The van der Waals surface area contributed by atoms with Crippen LogP contribution in [-0.4, -0.2) is 45.0 Å². The molecule has 0 aromatic heterocycles. The number of sulfone groups is 1. The molecule has 0 saturated heterocycles. The maximum atomic E-state index is 11.2. The van der Waals surface area contributed by atoms with E-state index in [4.69, 9.17) is 0 Å². The summed E-state index contributed by atoms with van der Waals surface area (Å²) >= 11 is 0. The molecule has 0 aromatic carbocycles. The third kappa shape index (κ3) is 12.4. The van der Waals surface area contributed by atoms with Crippen molar-refractivity contribution in [1.29, 1.82) is 0 Å². The van der Waals surface area contributed by atoms with Gasteiger partial charge < -0.3 is 4.90 Å². The van der Waals surface area contributed by atoms with Crippen molar-refractivity contribution in [2.75, 3.05) is 31.6 Å². The lowest BCUT2D eigenvalue weighted by atomic mass is 9.90. The Morgan fingerprint density at radius 1 is 1.00 bits per heavy atom. The Hall–Kier alpha value is -0.0900. The summed E-state index contributed by atoms with van der Waals surface area (Å²) in [4.78, 5) is 2.30. The van der Waals surface area contributed by atoms with Gasteiger partial charge in [0.05, 0.1) is 5.75 Å². The molecule has 110 valence electrons. The number of rotatable bonds is 9. The molecule has 0 radical (unpaired) electrons. The van der Waals surface area contributed by atoms with Crippen LogP contribution in [0.2, 0.25) is 0 Å². The Labute approximate surface area is 114 Å². The minimum absolute atomic E-state index is 0.284. The predicted molar refractivity (Wildman–Crippen MR) is 79.7 cm³/mol. The zero-order valence-electron chi connectivity index (χ0n) is 12.8. The van der Waals surface area contributed by atoms with Crippen LogP contribution in [0.3, 0.4) is 0 Å². The van der Waals surface area contributed by atoms with Crippen molar-refractivity contribution in [1.82, 2.24) is 4.90 Å². The monoisotopic (exact) mass is 277 g/mol. The number of nitrogens with zero attached hydrogens (tertiary/aromatic N) is 1. The van der Waals surface area contributed by atoms with Crippen LogP contribution in [0.4, 0.5) is 0 Å². The fourth-order valence-electron chi connectivity index (χ4n) is 1.85. The molecule has 18 heavy (non-hydrogen) atoms. The quantitative estimate of drug-likeness (QED) is 0.650. The number of unbranched alkanes of at least 4 members (excludes halogenated alkanes) is 1. The Kier molecular flexibility index (Phi) is 8.11. The van der Waals surface area contributed by atoms with Crippen molar-refractivity contribution >= 4 is 9.84 Å². The molecule has 0 rings (SSSR count). The van der Waals surface area contributed by atoms with Crippen molar-refractivity contribution in [3.8, 4) is 0 Å². The van der Waals surface area contributed by atoms with Gasteiger partial charge in [-0.15, -0.1) is 0 Å². The lowest BCUT2D eigenvalue weighted by Gasteiger charge is -2.24. The van der Waals surface area contributed by atoms with E-state index in [9.17, 15) is 8.42 Å². The van der Waals surface area contributed by atoms with Crippen LogP contribution < -0.4 is 0 Å². The van der Waals surface area contributed by atoms with Gasteiger partial charge in [0, 0.05) is 12.8 Å². The van der Waals surface area contributed by atoms with E-state index in [1.54, 1.807) is 0 Å². The fourth-order valence-corrected chi connectivity index (χ4v) is 2.43. The van der Waals surface area contributed by atoms with Crippen LogP contribution in [0.15, 0.2) is 0 Å². The summed E-state index contributed by atoms with van der Waals surface area (Å²) in [5.41, 5.74) is 0.368. The first kappa shape index (κ1) is 17.9. The van der Waals surface area contributed by atoms with Crippen LogP contribution in [0.25, 0.3) is 0 Å². The highest BCUT2D eigenvalue weighted by Gasteiger charge is 2.12. The molecule has 0 aliphatic heterocycles. The van der Waals surface area contributed by atoms with Crippen LogP contribution in [0.1, 0.15) is 53.4 Å². The minimum Gasteiger partial charge on any atom is -0.302 e. The predicted octanol–water partition coefficient (Wildman–Crippen LogP) is 2.96. The third-order valence-corrected chi connectivity index (χ3v) is 3.93. The summed E-state index contributed by atoms with van der Waals surface area (Å²) in [5, 5.41) is 0. The van der Waals surface area contributed by atoms with Gasteiger partial charge in [0.1, 0.15) is 9.84 Å². The minimum atomic E-state index is -2.84. The lowest BCUT2D eigenvalue weighted by molar-refractivity contribution is 0.255. The molecule has 0 N–H and O–H groups in total. The molecule has 0 unspecified atom stereocenters. The molecule has 0 fully saturated rings. The second kappa shape index (κ2) is 8.16. The summed E-state index contributed by atoms with van der Waals surface area (Å²) in [6.45, 7) is 11.6.